The van der Waals surface area contributed by atoms with Crippen LogP contribution >= 0.6 is 0 Å². The fourth-order valence-electron chi connectivity index (χ4n) is 3.40. The van der Waals surface area contributed by atoms with Gasteiger partial charge in [0, 0.05) is 25.5 Å². The zero-order valence-corrected chi connectivity index (χ0v) is 12.8. The van der Waals surface area contributed by atoms with Gasteiger partial charge in [-0.15, -0.1) is 0 Å². The molecule has 3 rings (SSSR count). The molecule has 1 saturated carbocycles. The van der Waals surface area contributed by atoms with Gasteiger partial charge in [-0.05, 0) is 36.8 Å². The summed E-state index contributed by atoms with van der Waals surface area (Å²) in [5.74, 6) is 0.599. The maximum absolute atomic E-state index is 12.4. The minimum absolute atomic E-state index is 0.109. The summed E-state index contributed by atoms with van der Waals surface area (Å²) >= 11 is 0. The molecule has 1 aromatic rings. The minimum atomic E-state index is -0.383. The Morgan fingerprint density at radius 1 is 1.32 bits per heavy atom. The number of rotatable bonds is 5. The molecule has 2 N–H and O–H groups in total. The van der Waals surface area contributed by atoms with E-state index in [1.807, 2.05) is 17.0 Å². The van der Waals surface area contributed by atoms with Gasteiger partial charge >= 0.3 is 0 Å². The zero-order chi connectivity index (χ0) is 15.6. The second-order valence-corrected chi connectivity index (χ2v) is 6.71. The molecule has 1 aliphatic carbocycles. The molecule has 5 nitrogen and oxygen atoms in total. The summed E-state index contributed by atoms with van der Waals surface area (Å²) in [6.07, 6.45) is 8.57. The van der Waals surface area contributed by atoms with Crippen LogP contribution in [0.5, 0.6) is 0 Å². The van der Waals surface area contributed by atoms with Crippen LogP contribution in [0, 0.1) is 11.3 Å². The van der Waals surface area contributed by atoms with Crippen LogP contribution < -0.4 is 5.73 Å². The van der Waals surface area contributed by atoms with E-state index in [2.05, 4.69) is 4.98 Å². The fourth-order valence-corrected chi connectivity index (χ4v) is 3.40. The van der Waals surface area contributed by atoms with Gasteiger partial charge in [-0.25, -0.2) is 0 Å². The van der Waals surface area contributed by atoms with Crippen LogP contribution in [0.15, 0.2) is 24.5 Å². The first kappa shape index (κ1) is 15.0. The number of hydrogen-bond donors (Lipinski definition) is 1. The molecule has 0 bridgehead atoms. The number of carbonyl (C=O) groups excluding carboxylic acids is 2. The summed E-state index contributed by atoms with van der Waals surface area (Å²) < 4.78 is 0. The monoisotopic (exact) mass is 301 g/mol. The topological polar surface area (TPSA) is 76.3 Å². The number of pyridine rings is 1. The van der Waals surface area contributed by atoms with Crippen LogP contribution in [0.25, 0.3) is 0 Å². The smallest absolute Gasteiger partial charge is 0.227 e. The van der Waals surface area contributed by atoms with Crippen LogP contribution in [0.1, 0.15) is 37.7 Å². The number of likely N-dealkylation sites (tertiary alicyclic amines) is 1. The number of carbonyl (C=O) groups is 2. The Morgan fingerprint density at radius 3 is 2.59 bits per heavy atom. The predicted molar refractivity (Wildman–Crippen MR) is 82.7 cm³/mol. The van der Waals surface area contributed by atoms with E-state index in [0.29, 0.717) is 38.3 Å². The Bertz CT molecular complexity index is 546. The molecule has 0 unspecified atom stereocenters. The van der Waals surface area contributed by atoms with Gasteiger partial charge in [0.05, 0.1) is 11.8 Å². The summed E-state index contributed by atoms with van der Waals surface area (Å²) in [4.78, 5) is 30.2. The molecule has 0 atom stereocenters. The molecule has 0 spiro atoms. The minimum Gasteiger partial charge on any atom is -0.369 e. The molecule has 1 saturated heterocycles. The first-order valence-electron chi connectivity index (χ1n) is 8.06. The van der Waals surface area contributed by atoms with Crippen molar-refractivity contribution in [3.05, 3.63) is 30.1 Å². The van der Waals surface area contributed by atoms with Crippen molar-refractivity contribution in [2.75, 3.05) is 13.1 Å². The number of nitrogens with two attached hydrogens (primary N) is 1. The van der Waals surface area contributed by atoms with Crippen LogP contribution in [-0.4, -0.2) is 34.8 Å². The Morgan fingerprint density at radius 2 is 2.05 bits per heavy atom. The van der Waals surface area contributed by atoms with Gasteiger partial charge in [0.1, 0.15) is 0 Å². The molecule has 22 heavy (non-hydrogen) atoms. The van der Waals surface area contributed by atoms with Crippen molar-refractivity contribution in [1.29, 1.82) is 0 Å². The van der Waals surface area contributed by atoms with Gasteiger partial charge in [-0.1, -0.05) is 18.9 Å². The number of piperidine rings is 1. The maximum Gasteiger partial charge on any atom is 0.227 e. The van der Waals surface area contributed by atoms with E-state index in [4.69, 9.17) is 5.73 Å². The lowest BCUT2D eigenvalue weighted by atomic mass is 9.73. The highest BCUT2D eigenvalue weighted by molar-refractivity contribution is 5.82. The number of primary amides is 1. The average Bonchev–Trinajstić information content (AvgIpc) is 3.32. The van der Waals surface area contributed by atoms with Gasteiger partial charge in [-0.2, -0.15) is 0 Å². The molecule has 1 aliphatic heterocycles. The van der Waals surface area contributed by atoms with Crippen molar-refractivity contribution in [2.24, 2.45) is 17.1 Å². The summed E-state index contributed by atoms with van der Waals surface area (Å²) in [5.41, 5.74) is 6.22. The highest BCUT2D eigenvalue weighted by Crippen LogP contribution is 2.45. The van der Waals surface area contributed by atoms with E-state index in [0.717, 1.165) is 12.0 Å². The van der Waals surface area contributed by atoms with Crippen molar-refractivity contribution in [1.82, 2.24) is 9.88 Å². The second kappa shape index (κ2) is 6.07. The molecule has 118 valence electrons. The third-order valence-corrected chi connectivity index (χ3v) is 5.05. The highest BCUT2D eigenvalue weighted by Gasteiger charge is 2.44. The van der Waals surface area contributed by atoms with Crippen LogP contribution in [0.4, 0.5) is 0 Å². The van der Waals surface area contributed by atoms with E-state index in [1.165, 1.54) is 12.8 Å². The van der Waals surface area contributed by atoms with Crippen molar-refractivity contribution >= 4 is 11.8 Å². The van der Waals surface area contributed by atoms with E-state index < -0.39 is 0 Å². The van der Waals surface area contributed by atoms with E-state index in [-0.39, 0.29) is 17.2 Å². The standard InChI is InChI=1S/C17H23N3O2/c18-16(22)17(11-13-3-4-13)5-8-20(9-6-17)15(21)10-14-2-1-7-19-12-14/h1-2,7,12-13H,3-6,8-11H2,(H2,18,22). The maximum atomic E-state index is 12.4. The van der Waals surface area contributed by atoms with Crippen LogP contribution in [0.2, 0.25) is 0 Å². The Kier molecular flexibility index (Phi) is 4.14. The van der Waals surface area contributed by atoms with Crippen molar-refractivity contribution < 1.29 is 9.59 Å². The third-order valence-electron chi connectivity index (χ3n) is 5.05. The summed E-state index contributed by atoms with van der Waals surface area (Å²) in [6.45, 7) is 1.27. The SMILES string of the molecule is NC(=O)C1(CC2CC2)CCN(C(=O)Cc2cccnc2)CC1. The molecule has 2 heterocycles. The summed E-state index contributed by atoms with van der Waals surface area (Å²) in [7, 11) is 0. The van der Waals surface area contributed by atoms with Crippen LogP contribution in [-0.2, 0) is 16.0 Å². The van der Waals surface area contributed by atoms with E-state index in [1.54, 1.807) is 12.4 Å². The summed E-state index contributed by atoms with van der Waals surface area (Å²) in [6, 6.07) is 3.75. The lowest BCUT2D eigenvalue weighted by Crippen LogP contribution is -2.49. The van der Waals surface area contributed by atoms with Gasteiger partial charge in [0.15, 0.2) is 0 Å². The first-order chi connectivity index (χ1) is 10.6. The first-order valence-corrected chi connectivity index (χ1v) is 8.06. The largest absolute Gasteiger partial charge is 0.369 e. The Balaban J connectivity index is 1.58. The number of amides is 2. The van der Waals surface area contributed by atoms with Crippen molar-refractivity contribution in [3.8, 4) is 0 Å². The van der Waals surface area contributed by atoms with Gasteiger partial charge in [-0.3, -0.25) is 14.6 Å². The Hall–Kier alpha value is -1.91. The Labute approximate surface area is 130 Å². The van der Waals surface area contributed by atoms with E-state index in [9.17, 15) is 9.59 Å². The summed E-state index contributed by atoms with van der Waals surface area (Å²) in [5, 5.41) is 0. The van der Waals surface area contributed by atoms with Gasteiger partial charge in [0.2, 0.25) is 11.8 Å². The highest BCUT2D eigenvalue weighted by atomic mass is 16.2. The molecule has 0 radical (unpaired) electrons. The van der Waals surface area contributed by atoms with E-state index >= 15 is 0 Å². The molecule has 2 fully saturated rings. The molecule has 2 aliphatic rings. The molecular weight excluding hydrogens is 278 g/mol. The third kappa shape index (κ3) is 3.29. The predicted octanol–water partition coefficient (Wildman–Crippen LogP) is 1.52. The number of hydrogen-bond acceptors (Lipinski definition) is 3. The van der Waals surface area contributed by atoms with Crippen molar-refractivity contribution in [2.45, 2.75) is 38.5 Å². The molecule has 2 amide bonds. The number of aromatic nitrogens is 1. The molecular formula is C17H23N3O2. The molecule has 0 aromatic carbocycles. The quantitative estimate of drug-likeness (QED) is 0.896. The molecule has 5 heteroatoms. The fraction of sp³-hybridized carbons (Fsp3) is 0.588. The van der Waals surface area contributed by atoms with Gasteiger partial charge < -0.3 is 10.6 Å². The number of nitrogens with zero attached hydrogens (tertiary/aromatic N) is 2. The molecule has 1 aromatic heterocycles. The van der Waals surface area contributed by atoms with Crippen molar-refractivity contribution in [3.63, 3.8) is 0 Å². The normalized spacial score (nSPS) is 20.6. The second-order valence-electron chi connectivity index (χ2n) is 6.71. The van der Waals surface area contributed by atoms with Gasteiger partial charge in [0.25, 0.3) is 0 Å². The van der Waals surface area contributed by atoms with Crippen LogP contribution in [0.3, 0.4) is 0 Å². The average molecular weight is 301 g/mol. The zero-order valence-electron chi connectivity index (χ0n) is 12.8. The lowest BCUT2D eigenvalue weighted by molar-refractivity contribution is -0.139. The lowest BCUT2D eigenvalue weighted by Gasteiger charge is -2.40.